The molecule has 1 atom stereocenters. The zero-order chi connectivity index (χ0) is 18.1. The molecule has 0 spiro atoms. The minimum Gasteiger partial charge on any atom is -0.376 e. The Kier molecular flexibility index (Phi) is 4.82. The first-order valence-electron chi connectivity index (χ1n) is 8.80. The molecule has 136 valence electrons. The van der Waals surface area contributed by atoms with E-state index >= 15 is 0 Å². The molecule has 2 N–H and O–H groups in total. The van der Waals surface area contributed by atoms with E-state index < -0.39 is 11.0 Å². The number of hydrogen-bond acceptors (Lipinski definition) is 3. The quantitative estimate of drug-likeness (QED) is 0.856. The van der Waals surface area contributed by atoms with E-state index in [0.717, 1.165) is 12.8 Å². The van der Waals surface area contributed by atoms with E-state index in [9.17, 15) is 14.0 Å². The Morgan fingerprint density at radius 1 is 1.28 bits per heavy atom. The van der Waals surface area contributed by atoms with E-state index in [0.29, 0.717) is 37.9 Å². The van der Waals surface area contributed by atoms with Crippen LogP contribution in [-0.2, 0) is 19.7 Å². The molecule has 1 aliphatic carbocycles. The highest BCUT2D eigenvalue weighted by Gasteiger charge is 2.55. The highest BCUT2D eigenvalue weighted by atomic mass is 19.1. The van der Waals surface area contributed by atoms with Crippen molar-refractivity contribution in [3.05, 3.63) is 35.6 Å². The van der Waals surface area contributed by atoms with Crippen LogP contribution in [0.1, 0.15) is 44.1 Å². The first kappa shape index (κ1) is 17.9. The number of piperidine rings is 1. The maximum atomic E-state index is 14.2. The molecule has 1 aliphatic heterocycles. The van der Waals surface area contributed by atoms with Crippen LogP contribution in [0.3, 0.4) is 0 Å². The zero-order valence-electron chi connectivity index (χ0n) is 14.6. The third-order valence-corrected chi connectivity index (χ3v) is 5.64. The Morgan fingerprint density at radius 3 is 2.60 bits per heavy atom. The van der Waals surface area contributed by atoms with Crippen LogP contribution in [0.5, 0.6) is 0 Å². The predicted octanol–water partition coefficient (Wildman–Crippen LogP) is 2.13. The minimum absolute atomic E-state index is 0.0298. The fourth-order valence-corrected chi connectivity index (χ4v) is 3.97. The Morgan fingerprint density at radius 2 is 2.00 bits per heavy atom. The van der Waals surface area contributed by atoms with Gasteiger partial charge in [-0.05, 0) is 38.2 Å². The summed E-state index contributed by atoms with van der Waals surface area (Å²) in [6, 6.07) is 6.53. The molecule has 1 saturated carbocycles. The number of methoxy groups -OCH3 is 1. The lowest BCUT2D eigenvalue weighted by Gasteiger charge is -2.43. The van der Waals surface area contributed by atoms with Gasteiger partial charge >= 0.3 is 0 Å². The molecule has 1 aromatic rings. The number of hydrogen-bond donors (Lipinski definition) is 1. The van der Waals surface area contributed by atoms with Crippen molar-refractivity contribution in [2.75, 3.05) is 20.2 Å². The van der Waals surface area contributed by atoms with Crippen LogP contribution in [0.15, 0.2) is 24.3 Å². The van der Waals surface area contributed by atoms with Crippen LogP contribution < -0.4 is 5.73 Å². The summed E-state index contributed by atoms with van der Waals surface area (Å²) in [7, 11) is 1.61. The second-order valence-electron chi connectivity index (χ2n) is 7.25. The second kappa shape index (κ2) is 6.75. The van der Waals surface area contributed by atoms with Gasteiger partial charge in [0.05, 0.1) is 11.0 Å². The lowest BCUT2D eigenvalue weighted by molar-refractivity contribution is -0.144. The number of likely N-dealkylation sites (tertiary alicyclic amines) is 1. The number of carbonyl (C=O) groups is 2. The first-order valence-corrected chi connectivity index (χ1v) is 8.80. The van der Waals surface area contributed by atoms with E-state index in [1.807, 2.05) is 0 Å². The van der Waals surface area contributed by atoms with Gasteiger partial charge in [-0.1, -0.05) is 18.2 Å². The van der Waals surface area contributed by atoms with Gasteiger partial charge in [-0.3, -0.25) is 9.59 Å². The van der Waals surface area contributed by atoms with Crippen LogP contribution in [0.25, 0.3) is 0 Å². The Labute approximate surface area is 147 Å². The van der Waals surface area contributed by atoms with Crippen molar-refractivity contribution in [3.8, 4) is 0 Å². The van der Waals surface area contributed by atoms with E-state index in [-0.39, 0.29) is 24.1 Å². The van der Waals surface area contributed by atoms with Crippen LogP contribution in [0, 0.1) is 5.82 Å². The minimum atomic E-state index is -0.730. The van der Waals surface area contributed by atoms with Gasteiger partial charge in [-0.2, -0.15) is 0 Å². The molecule has 2 aliphatic rings. The number of carbonyl (C=O) groups excluding carboxylic acids is 2. The highest BCUT2D eigenvalue weighted by Crippen LogP contribution is 2.51. The number of nitrogens with zero attached hydrogens (tertiary/aromatic N) is 1. The van der Waals surface area contributed by atoms with Crippen molar-refractivity contribution in [3.63, 3.8) is 0 Å². The zero-order valence-corrected chi connectivity index (χ0v) is 14.6. The standard InChI is InChI=1S/C19H25FN2O3/c1-25-18(9-7-16(21)23)8-4-12-22(13-18)17(24)19(10-11-19)14-5-2-3-6-15(14)20/h2-3,5-6H,4,7-13H2,1H3,(H2,21,23)/t18-/m0/s1. The van der Waals surface area contributed by atoms with Crippen molar-refractivity contribution in [2.24, 2.45) is 5.73 Å². The third-order valence-electron chi connectivity index (χ3n) is 5.64. The van der Waals surface area contributed by atoms with Gasteiger partial charge in [-0.25, -0.2) is 4.39 Å². The molecule has 1 saturated heterocycles. The molecule has 0 bridgehead atoms. The van der Waals surface area contributed by atoms with E-state index in [2.05, 4.69) is 0 Å². The van der Waals surface area contributed by atoms with Gasteiger partial charge in [-0.15, -0.1) is 0 Å². The largest absolute Gasteiger partial charge is 0.376 e. The smallest absolute Gasteiger partial charge is 0.233 e. The molecule has 0 aromatic heterocycles. The summed E-state index contributed by atoms with van der Waals surface area (Å²) in [4.78, 5) is 26.1. The SMILES string of the molecule is CO[C@]1(CCC(N)=O)CCCN(C(=O)C2(c3ccccc3F)CC2)C1. The summed E-state index contributed by atoms with van der Waals surface area (Å²) in [5.41, 5.74) is 4.49. The summed E-state index contributed by atoms with van der Waals surface area (Å²) in [6.45, 7) is 1.06. The third kappa shape index (κ3) is 3.40. The normalized spacial score (nSPS) is 24.8. The number of primary amides is 1. The van der Waals surface area contributed by atoms with Gasteiger partial charge in [0.25, 0.3) is 0 Å². The number of amides is 2. The number of rotatable bonds is 6. The molecular formula is C19H25FN2O3. The van der Waals surface area contributed by atoms with Gasteiger partial charge in [0, 0.05) is 32.2 Å². The van der Waals surface area contributed by atoms with Crippen LogP contribution in [-0.4, -0.2) is 42.5 Å². The molecule has 6 heteroatoms. The Balaban J connectivity index is 1.78. The first-order chi connectivity index (χ1) is 11.9. The molecule has 25 heavy (non-hydrogen) atoms. The Hall–Kier alpha value is -1.95. The van der Waals surface area contributed by atoms with E-state index in [4.69, 9.17) is 10.5 Å². The van der Waals surface area contributed by atoms with Gasteiger partial charge in [0.15, 0.2) is 0 Å². The van der Waals surface area contributed by atoms with Crippen LogP contribution in [0.2, 0.25) is 0 Å². The monoisotopic (exact) mass is 348 g/mol. The molecule has 3 rings (SSSR count). The predicted molar refractivity (Wildman–Crippen MR) is 91.3 cm³/mol. The van der Waals surface area contributed by atoms with Crippen molar-refractivity contribution in [1.29, 1.82) is 0 Å². The Bertz CT molecular complexity index is 674. The van der Waals surface area contributed by atoms with Crippen molar-refractivity contribution < 1.29 is 18.7 Å². The van der Waals surface area contributed by atoms with Crippen LogP contribution >= 0.6 is 0 Å². The summed E-state index contributed by atoms with van der Waals surface area (Å²) in [5.74, 6) is -0.722. The van der Waals surface area contributed by atoms with Crippen molar-refractivity contribution in [2.45, 2.75) is 49.5 Å². The lowest BCUT2D eigenvalue weighted by atomic mass is 9.86. The maximum absolute atomic E-state index is 14.2. The van der Waals surface area contributed by atoms with Crippen molar-refractivity contribution in [1.82, 2.24) is 4.90 Å². The summed E-state index contributed by atoms with van der Waals surface area (Å²) < 4.78 is 19.9. The molecule has 0 unspecified atom stereocenters. The van der Waals surface area contributed by atoms with Crippen molar-refractivity contribution >= 4 is 11.8 Å². The number of halogens is 1. The average molecular weight is 348 g/mol. The number of benzene rings is 1. The summed E-state index contributed by atoms with van der Waals surface area (Å²) in [6.07, 6.45) is 3.65. The maximum Gasteiger partial charge on any atom is 0.233 e. The molecule has 2 fully saturated rings. The van der Waals surface area contributed by atoms with Gasteiger partial charge in [0.2, 0.25) is 11.8 Å². The molecule has 2 amide bonds. The molecular weight excluding hydrogens is 323 g/mol. The number of nitrogens with two attached hydrogens (primary N) is 1. The fourth-order valence-electron chi connectivity index (χ4n) is 3.97. The second-order valence-corrected chi connectivity index (χ2v) is 7.25. The van der Waals surface area contributed by atoms with Gasteiger partial charge in [0.1, 0.15) is 5.82 Å². The molecule has 1 heterocycles. The highest BCUT2D eigenvalue weighted by molar-refractivity contribution is 5.91. The average Bonchev–Trinajstić information content (AvgIpc) is 3.41. The molecule has 1 aromatic carbocycles. The fraction of sp³-hybridized carbons (Fsp3) is 0.579. The summed E-state index contributed by atoms with van der Waals surface area (Å²) in [5, 5.41) is 0. The number of ether oxygens (including phenoxy) is 1. The molecule has 5 nitrogen and oxygen atoms in total. The van der Waals surface area contributed by atoms with Gasteiger partial charge < -0.3 is 15.4 Å². The lowest BCUT2D eigenvalue weighted by Crippen LogP contribution is -2.54. The summed E-state index contributed by atoms with van der Waals surface area (Å²) >= 11 is 0. The topological polar surface area (TPSA) is 72.6 Å². The van der Waals surface area contributed by atoms with Crippen LogP contribution in [0.4, 0.5) is 4.39 Å². The van der Waals surface area contributed by atoms with E-state index in [1.165, 1.54) is 6.07 Å². The van der Waals surface area contributed by atoms with E-state index in [1.54, 1.807) is 30.2 Å². The molecule has 0 radical (unpaired) electrons.